The lowest BCUT2D eigenvalue weighted by Crippen LogP contribution is -2.40. The minimum atomic E-state index is 0.452. The van der Waals surface area contributed by atoms with E-state index >= 15 is 0 Å². The molecule has 0 bridgehead atoms. The molecule has 0 radical (unpaired) electrons. The number of nitrogens with one attached hydrogen (secondary N) is 2. The van der Waals surface area contributed by atoms with Gasteiger partial charge < -0.3 is 10.6 Å². The zero-order valence-corrected chi connectivity index (χ0v) is 15.4. The molecule has 2 N–H and O–H groups in total. The van der Waals surface area contributed by atoms with Crippen LogP contribution in [0.3, 0.4) is 0 Å². The Kier molecular flexibility index (Phi) is 7.62. The fourth-order valence-electron chi connectivity index (χ4n) is 2.19. The zero-order valence-electron chi connectivity index (χ0n) is 14.6. The first-order valence-corrected chi connectivity index (χ1v) is 9.21. The van der Waals surface area contributed by atoms with Crippen molar-refractivity contribution in [3.8, 4) is 0 Å². The first kappa shape index (κ1) is 18.3. The molecule has 2 aromatic rings. The van der Waals surface area contributed by atoms with Gasteiger partial charge in [0.1, 0.15) is 0 Å². The van der Waals surface area contributed by atoms with Crippen molar-refractivity contribution < 1.29 is 0 Å². The molecule has 0 aliphatic carbocycles. The lowest BCUT2D eigenvalue weighted by Gasteiger charge is -2.16. The van der Waals surface area contributed by atoms with Gasteiger partial charge in [0.2, 0.25) is 0 Å². The molecular weight excluding hydrogens is 316 g/mol. The number of benzene rings is 1. The maximum absolute atomic E-state index is 4.65. The van der Waals surface area contributed by atoms with Crippen LogP contribution in [0.25, 0.3) is 0 Å². The number of guanidine groups is 1. The molecule has 24 heavy (non-hydrogen) atoms. The molecule has 5 heteroatoms. The average molecular weight is 343 g/mol. The lowest BCUT2D eigenvalue weighted by atomic mass is 10.2. The normalized spacial score (nSPS) is 12.7. The van der Waals surface area contributed by atoms with Gasteiger partial charge in [0.25, 0.3) is 0 Å². The summed E-state index contributed by atoms with van der Waals surface area (Å²) in [6.07, 6.45) is 1.82. The Morgan fingerprint density at radius 3 is 2.67 bits per heavy atom. The predicted molar refractivity (Wildman–Crippen MR) is 104 cm³/mol. The van der Waals surface area contributed by atoms with Crippen LogP contribution in [-0.2, 0) is 6.54 Å². The molecule has 0 saturated carbocycles. The molecule has 0 aliphatic rings. The Bertz CT molecular complexity index is 643. The van der Waals surface area contributed by atoms with E-state index in [1.165, 1.54) is 10.5 Å². The second kappa shape index (κ2) is 9.98. The lowest BCUT2D eigenvalue weighted by molar-refractivity contribution is 0.791. The topological polar surface area (TPSA) is 49.3 Å². The van der Waals surface area contributed by atoms with Gasteiger partial charge in [-0.2, -0.15) is 0 Å². The van der Waals surface area contributed by atoms with Crippen LogP contribution in [-0.4, -0.2) is 29.3 Å². The molecule has 1 aromatic carbocycles. The summed E-state index contributed by atoms with van der Waals surface area (Å²) in [6.45, 7) is 8.64. The zero-order chi connectivity index (χ0) is 17.2. The molecule has 0 amide bonds. The van der Waals surface area contributed by atoms with E-state index in [0.717, 1.165) is 24.7 Å². The number of nitrogens with zero attached hydrogens (tertiary/aromatic N) is 2. The van der Waals surface area contributed by atoms with Crippen molar-refractivity contribution in [1.82, 2.24) is 15.6 Å². The van der Waals surface area contributed by atoms with Crippen molar-refractivity contribution in [2.75, 3.05) is 13.1 Å². The Balaban J connectivity index is 1.88. The van der Waals surface area contributed by atoms with E-state index in [0.29, 0.717) is 11.8 Å². The van der Waals surface area contributed by atoms with Crippen LogP contribution in [0.4, 0.5) is 0 Å². The van der Waals surface area contributed by atoms with Gasteiger partial charge >= 0.3 is 0 Å². The SMILES string of the molecule is CCNC(=NCc1ncccc1C)NCC(C)Sc1ccccc1. The van der Waals surface area contributed by atoms with Gasteiger partial charge in [-0.15, -0.1) is 11.8 Å². The summed E-state index contributed by atoms with van der Waals surface area (Å²) in [6, 6.07) is 14.5. The van der Waals surface area contributed by atoms with Crippen LogP contribution >= 0.6 is 11.8 Å². The number of rotatable bonds is 7. The number of pyridine rings is 1. The summed E-state index contributed by atoms with van der Waals surface area (Å²) in [5, 5.41) is 7.17. The average Bonchev–Trinajstić information content (AvgIpc) is 2.59. The number of aliphatic imine (C=N–C) groups is 1. The van der Waals surface area contributed by atoms with Crippen molar-refractivity contribution >= 4 is 17.7 Å². The molecule has 0 spiro atoms. The molecule has 1 aromatic heterocycles. The van der Waals surface area contributed by atoms with Gasteiger partial charge in [0, 0.05) is 29.4 Å². The summed E-state index contributed by atoms with van der Waals surface area (Å²) >= 11 is 1.86. The summed E-state index contributed by atoms with van der Waals surface area (Å²) in [7, 11) is 0. The third-order valence-corrected chi connectivity index (χ3v) is 4.60. The molecular formula is C19H26N4S. The van der Waals surface area contributed by atoms with Crippen LogP contribution in [0.15, 0.2) is 58.5 Å². The molecule has 1 atom stereocenters. The summed E-state index contributed by atoms with van der Waals surface area (Å²) in [5.41, 5.74) is 2.19. The third kappa shape index (κ3) is 6.24. The van der Waals surface area contributed by atoms with Crippen molar-refractivity contribution in [3.05, 3.63) is 59.9 Å². The molecule has 128 valence electrons. The monoisotopic (exact) mass is 342 g/mol. The quantitative estimate of drug-likeness (QED) is 0.458. The molecule has 0 aliphatic heterocycles. The van der Waals surface area contributed by atoms with Gasteiger partial charge in [-0.3, -0.25) is 4.98 Å². The Morgan fingerprint density at radius 2 is 1.96 bits per heavy atom. The van der Waals surface area contributed by atoms with E-state index in [9.17, 15) is 0 Å². The highest BCUT2D eigenvalue weighted by molar-refractivity contribution is 8.00. The van der Waals surface area contributed by atoms with Gasteiger partial charge in [-0.25, -0.2) is 4.99 Å². The molecule has 1 unspecified atom stereocenters. The molecule has 0 saturated heterocycles. The van der Waals surface area contributed by atoms with Gasteiger partial charge in [-0.05, 0) is 37.6 Å². The van der Waals surface area contributed by atoms with Crippen LogP contribution in [0.5, 0.6) is 0 Å². The molecule has 4 nitrogen and oxygen atoms in total. The van der Waals surface area contributed by atoms with Crippen molar-refractivity contribution in [1.29, 1.82) is 0 Å². The van der Waals surface area contributed by atoms with E-state index < -0.39 is 0 Å². The predicted octanol–water partition coefficient (Wildman–Crippen LogP) is 3.63. The second-order valence-corrected chi connectivity index (χ2v) is 7.10. The minimum Gasteiger partial charge on any atom is -0.357 e. The number of aryl methyl sites for hydroxylation is 1. The molecule has 1 heterocycles. The Labute approximate surface area is 149 Å². The van der Waals surface area contributed by atoms with E-state index in [2.05, 4.69) is 71.7 Å². The van der Waals surface area contributed by atoms with Crippen molar-refractivity contribution in [3.63, 3.8) is 0 Å². The largest absolute Gasteiger partial charge is 0.357 e. The third-order valence-electron chi connectivity index (χ3n) is 3.49. The highest BCUT2D eigenvalue weighted by Gasteiger charge is 2.06. The van der Waals surface area contributed by atoms with Crippen LogP contribution in [0.1, 0.15) is 25.1 Å². The number of thioether (sulfide) groups is 1. The summed E-state index contributed by atoms with van der Waals surface area (Å²) in [4.78, 5) is 10.3. The number of hydrogen-bond acceptors (Lipinski definition) is 3. The van der Waals surface area contributed by atoms with Crippen LogP contribution in [0, 0.1) is 6.92 Å². The fourth-order valence-corrected chi connectivity index (χ4v) is 3.14. The highest BCUT2D eigenvalue weighted by atomic mass is 32.2. The summed E-state index contributed by atoms with van der Waals surface area (Å²) in [5.74, 6) is 0.836. The minimum absolute atomic E-state index is 0.452. The maximum atomic E-state index is 4.65. The van der Waals surface area contributed by atoms with Crippen LogP contribution < -0.4 is 10.6 Å². The van der Waals surface area contributed by atoms with E-state index in [4.69, 9.17) is 0 Å². The van der Waals surface area contributed by atoms with Crippen molar-refractivity contribution in [2.24, 2.45) is 4.99 Å². The Hall–Kier alpha value is -2.01. The first-order chi connectivity index (χ1) is 11.7. The highest BCUT2D eigenvalue weighted by Crippen LogP contribution is 2.21. The second-order valence-electron chi connectivity index (χ2n) is 5.58. The van der Waals surface area contributed by atoms with Crippen LogP contribution in [0.2, 0.25) is 0 Å². The molecule has 2 rings (SSSR count). The molecule has 0 fully saturated rings. The first-order valence-electron chi connectivity index (χ1n) is 8.33. The maximum Gasteiger partial charge on any atom is 0.191 e. The standard InChI is InChI=1S/C19H26N4S/c1-4-20-19(23-14-18-15(2)9-8-12-21-18)22-13-16(3)24-17-10-6-5-7-11-17/h5-12,16H,4,13-14H2,1-3H3,(H2,20,22,23). The summed E-state index contributed by atoms with van der Waals surface area (Å²) < 4.78 is 0. The van der Waals surface area contributed by atoms with E-state index in [1.807, 2.05) is 30.1 Å². The Morgan fingerprint density at radius 1 is 1.17 bits per heavy atom. The van der Waals surface area contributed by atoms with E-state index in [1.54, 1.807) is 0 Å². The fraction of sp³-hybridized carbons (Fsp3) is 0.368. The van der Waals surface area contributed by atoms with Gasteiger partial charge in [0.05, 0.1) is 12.2 Å². The van der Waals surface area contributed by atoms with Crippen molar-refractivity contribution in [2.45, 2.75) is 37.5 Å². The van der Waals surface area contributed by atoms with Gasteiger partial charge in [0.15, 0.2) is 5.96 Å². The number of hydrogen-bond donors (Lipinski definition) is 2. The van der Waals surface area contributed by atoms with E-state index in [-0.39, 0.29) is 0 Å². The smallest absolute Gasteiger partial charge is 0.191 e. The van der Waals surface area contributed by atoms with Gasteiger partial charge in [-0.1, -0.05) is 31.2 Å². The number of aromatic nitrogens is 1.